The predicted octanol–water partition coefficient (Wildman–Crippen LogP) is 0.989. The van der Waals surface area contributed by atoms with Crippen LogP contribution in [0.1, 0.15) is 18.9 Å². The normalized spacial score (nSPS) is 16.6. The summed E-state index contributed by atoms with van der Waals surface area (Å²) >= 11 is 0. The van der Waals surface area contributed by atoms with Gasteiger partial charge in [0, 0.05) is 26.2 Å². The first-order valence-electron chi connectivity index (χ1n) is 8.17. The van der Waals surface area contributed by atoms with Crippen molar-refractivity contribution in [2.45, 2.75) is 19.8 Å². The van der Waals surface area contributed by atoms with Crippen molar-refractivity contribution in [3.05, 3.63) is 30.1 Å². The first-order chi connectivity index (χ1) is 11.5. The van der Waals surface area contributed by atoms with Crippen molar-refractivity contribution in [2.75, 3.05) is 31.9 Å². The maximum atomic E-state index is 12.5. The lowest BCUT2D eigenvalue weighted by atomic mass is 10.1. The topological polar surface area (TPSA) is 86.4 Å². The number of nitrogens with zero attached hydrogens (tertiary/aromatic N) is 3. The monoisotopic (exact) mass is 350 g/mol. The Kier molecular flexibility index (Phi) is 4.86. The van der Waals surface area contributed by atoms with Crippen molar-refractivity contribution in [3.8, 4) is 0 Å². The number of aromatic nitrogens is 2. The molecule has 0 radical (unpaired) electrons. The number of hydrogen-bond donors (Lipinski definition) is 1. The summed E-state index contributed by atoms with van der Waals surface area (Å²) in [6.07, 6.45) is 2.56. The van der Waals surface area contributed by atoms with E-state index in [1.54, 1.807) is 11.2 Å². The molecule has 1 aromatic carbocycles. The third-order valence-corrected chi connectivity index (χ3v) is 6.36. The number of H-pyrrole nitrogens is 1. The Morgan fingerprint density at radius 3 is 2.71 bits per heavy atom. The molecule has 0 bridgehead atoms. The number of carbonyl (C=O) groups excluding carboxylic acids is 1. The van der Waals surface area contributed by atoms with Crippen molar-refractivity contribution in [3.63, 3.8) is 0 Å². The molecule has 0 aliphatic carbocycles. The molecule has 1 aliphatic rings. The second-order valence-corrected chi connectivity index (χ2v) is 8.12. The number of imidazole rings is 1. The van der Waals surface area contributed by atoms with Crippen LogP contribution in [0, 0.1) is 0 Å². The van der Waals surface area contributed by atoms with Gasteiger partial charge in [-0.15, -0.1) is 0 Å². The van der Waals surface area contributed by atoms with Gasteiger partial charge in [0.25, 0.3) is 0 Å². The lowest BCUT2D eigenvalue weighted by Crippen LogP contribution is -2.51. The molecule has 8 heteroatoms. The molecule has 0 atom stereocenters. The third kappa shape index (κ3) is 3.59. The summed E-state index contributed by atoms with van der Waals surface area (Å²) in [4.78, 5) is 21.4. The highest BCUT2D eigenvalue weighted by atomic mass is 32.2. The number of carbonyl (C=O) groups is 1. The van der Waals surface area contributed by atoms with Gasteiger partial charge < -0.3 is 9.88 Å². The van der Waals surface area contributed by atoms with E-state index in [0.29, 0.717) is 39.0 Å². The standard InChI is InChI=1S/C16H22N4O3S/c1-2-9-24(22,23)20-7-5-19(6-8-20)16(21)11-13-3-4-14-15(10-13)18-12-17-14/h3-4,10,12H,2,5-9,11H2,1H3,(H,17,18). The number of benzene rings is 1. The fourth-order valence-corrected chi connectivity index (χ4v) is 4.48. The van der Waals surface area contributed by atoms with Crippen LogP contribution in [0.4, 0.5) is 0 Å². The smallest absolute Gasteiger partial charge is 0.227 e. The maximum Gasteiger partial charge on any atom is 0.227 e. The van der Waals surface area contributed by atoms with E-state index < -0.39 is 10.0 Å². The number of aromatic amines is 1. The third-order valence-electron chi connectivity index (χ3n) is 4.29. The molecule has 3 rings (SSSR count). The fraction of sp³-hybridized carbons (Fsp3) is 0.500. The highest BCUT2D eigenvalue weighted by molar-refractivity contribution is 7.89. The number of hydrogen-bond acceptors (Lipinski definition) is 4. The Bertz CT molecular complexity index is 823. The summed E-state index contributed by atoms with van der Waals surface area (Å²) in [5, 5.41) is 0. The van der Waals surface area contributed by atoms with Crippen LogP contribution in [0.2, 0.25) is 0 Å². The molecule has 0 saturated carbocycles. The average Bonchev–Trinajstić information content (AvgIpc) is 3.02. The summed E-state index contributed by atoms with van der Waals surface area (Å²) in [6, 6.07) is 5.73. The van der Waals surface area contributed by atoms with Crippen LogP contribution < -0.4 is 0 Å². The van der Waals surface area contributed by atoms with Gasteiger partial charge >= 0.3 is 0 Å². The van der Waals surface area contributed by atoms with Gasteiger partial charge in [-0.3, -0.25) is 4.79 Å². The average molecular weight is 350 g/mol. The van der Waals surface area contributed by atoms with E-state index in [-0.39, 0.29) is 11.7 Å². The Hall–Kier alpha value is -1.93. The molecule has 1 N–H and O–H groups in total. The van der Waals surface area contributed by atoms with Crippen LogP contribution >= 0.6 is 0 Å². The molecular weight excluding hydrogens is 328 g/mol. The molecule has 2 heterocycles. The number of rotatable bonds is 5. The van der Waals surface area contributed by atoms with Crippen molar-refractivity contribution in [1.82, 2.24) is 19.2 Å². The van der Waals surface area contributed by atoms with Crippen LogP contribution in [0.25, 0.3) is 11.0 Å². The van der Waals surface area contributed by atoms with Crippen molar-refractivity contribution >= 4 is 27.0 Å². The lowest BCUT2D eigenvalue weighted by Gasteiger charge is -2.34. The van der Waals surface area contributed by atoms with Gasteiger partial charge in [-0.2, -0.15) is 4.31 Å². The molecule has 24 heavy (non-hydrogen) atoms. The number of fused-ring (bicyclic) bond motifs is 1. The largest absolute Gasteiger partial charge is 0.345 e. The second-order valence-electron chi connectivity index (χ2n) is 6.03. The van der Waals surface area contributed by atoms with Crippen molar-refractivity contribution < 1.29 is 13.2 Å². The second kappa shape index (κ2) is 6.90. The fourth-order valence-electron chi connectivity index (χ4n) is 2.98. The summed E-state index contributed by atoms with van der Waals surface area (Å²) < 4.78 is 25.6. The SMILES string of the molecule is CCCS(=O)(=O)N1CCN(C(=O)Cc2ccc3nc[nH]c3c2)CC1. The molecule has 0 spiro atoms. The Labute approximate surface area is 141 Å². The zero-order valence-electron chi connectivity index (χ0n) is 13.7. The molecule has 0 unspecified atom stereocenters. The number of nitrogens with one attached hydrogen (secondary N) is 1. The summed E-state index contributed by atoms with van der Waals surface area (Å²) in [5.74, 6) is 0.201. The van der Waals surface area contributed by atoms with E-state index in [1.807, 2.05) is 25.1 Å². The van der Waals surface area contributed by atoms with Crippen LogP contribution in [-0.4, -0.2) is 65.4 Å². The Morgan fingerprint density at radius 2 is 2.00 bits per heavy atom. The first kappa shape index (κ1) is 16.9. The highest BCUT2D eigenvalue weighted by Crippen LogP contribution is 2.14. The Balaban J connectivity index is 1.59. The van der Waals surface area contributed by atoms with Crippen LogP contribution in [-0.2, 0) is 21.2 Å². The summed E-state index contributed by atoms with van der Waals surface area (Å²) in [7, 11) is -3.18. The molecular formula is C16H22N4O3S. The number of amides is 1. The van der Waals surface area contributed by atoms with Gasteiger partial charge in [-0.05, 0) is 24.1 Å². The zero-order chi connectivity index (χ0) is 17.2. The minimum Gasteiger partial charge on any atom is -0.345 e. The summed E-state index contributed by atoms with van der Waals surface area (Å²) in [6.45, 7) is 3.53. The van der Waals surface area contributed by atoms with Gasteiger partial charge in [0.1, 0.15) is 0 Å². The first-order valence-corrected chi connectivity index (χ1v) is 9.78. The minimum absolute atomic E-state index is 0.0291. The van der Waals surface area contributed by atoms with E-state index in [9.17, 15) is 13.2 Å². The van der Waals surface area contributed by atoms with Crippen LogP contribution in [0.15, 0.2) is 24.5 Å². The van der Waals surface area contributed by atoms with Crippen LogP contribution in [0.5, 0.6) is 0 Å². The maximum absolute atomic E-state index is 12.5. The zero-order valence-corrected chi connectivity index (χ0v) is 14.6. The Morgan fingerprint density at radius 1 is 1.25 bits per heavy atom. The van der Waals surface area contributed by atoms with Crippen LogP contribution in [0.3, 0.4) is 0 Å². The molecule has 1 amide bonds. The van der Waals surface area contributed by atoms with E-state index in [4.69, 9.17) is 0 Å². The van der Waals surface area contributed by atoms with Crippen molar-refractivity contribution in [1.29, 1.82) is 0 Å². The molecule has 1 aliphatic heterocycles. The lowest BCUT2D eigenvalue weighted by molar-refractivity contribution is -0.131. The molecule has 130 valence electrons. The van der Waals surface area contributed by atoms with E-state index in [0.717, 1.165) is 16.6 Å². The predicted molar refractivity (Wildman–Crippen MR) is 92.0 cm³/mol. The van der Waals surface area contributed by atoms with Gasteiger partial charge in [0.15, 0.2) is 0 Å². The van der Waals surface area contributed by atoms with Gasteiger partial charge in [-0.25, -0.2) is 13.4 Å². The minimum atomic E-state index is -3.18. The molecule has 7 nitrogen and oxygen atoms in total. The van der Waals surface area contributed by atoms with E-state index >= 15 is 0 Å². The molecule has 1 saturated heterocycles. The number of sulfonamides is 1. The van der Waals surface area contributed by atoms with E-state index in [2.05, 4.69) is 9.97 Å². The molecule has 2 aromatic rings. The van der Waals surface area contributed by atoms with Gasteiger partial charge in [0.05, 0.1) is 29.5 Å². The quantitative estimate of drug-likeness (QED) is 0.871. The molecule has 1 fully saturated rings. The highest BCUT2D eigenvalue weighted by Gasteiger charge is 2.28. The number of piperazine rings is 1. The van der Waals surface area contributed by atoms with Gasteiger partial charge in [0.2, 0.25) is 15.9 Å². The van der Waals surface area contributed by atoms with Gasteiger partial charge in [-0.1, -0.05) is 13.0 Å². The van der Waals surface area contributed by atoms with E-state index in [1.165, 1.54) is 4.31 Å². The molecule has 1 aromatic heterocycles. The van der Waals surface area contributed by atoms with Crippen molar-refractivity contribution in [2.24, 2.45) is 0 Å². The summed E-state index contributed by atoms with van der Waals surface area (Å²) in [5.41, 5.74) is 2.72.